The first-order valence-electron chi connectivity index (χ1n) is 7.94. The maximum atomic E-state index is 5.63. The number of aliphatic imine (C=N–C) groups is 1. The van der Waals surface area contributed by atoms with E-state index in [1.807, 2.05) is 36.7 Å². The molecule has 0 fully saturated rings. The van der Waals surface area contributed by atoms with Gasteiger partial charge in [-0.25, -0.2) is 4.98 Å². The first-order valence-corrected chi connectivity index (χ1v) is 7.94. The zero-order valence-corrected chi connectivity index (χ0v) is 17.0. The lowest BCUT2D eigenvalue weighted by Gasteiger charge is -2.14. The van der Waals surface area contributed by atoms with E-state index >= 15 is 0 Å². The number of ether oxygens (including phenoxy) is 2. The Morgan fingerprint density at radius 3 is 2.72 bits per heavy atom. The first-order chi connectivity index (χ1) is 11.8. The molecule has 0 amide bonds. The summed E-state index contributed by atoms with van der Waals surface area (Å²) in [6, 6.07) is 7.90. The number of pyridine rings is 1. The molecule has 0 saturated carbocycles. The molecular formula is C17H26IN5O2. The highest BCUT2D eigenvalue weighted by Crippen LogP contribution is 2.13. The third-order valence-electron chi connectivity index (χ3n) is 3.37. The smallest absolute Gasteiger partial charge is 0.218 e. The van der Waals surface area contributed by atoms with Crippen LogP contribution in [0.2, 0.25) is 0 Å². The van der Waals surface area contributed by atoms with Crippen molar-refractivity contribution in [2.45, 2.75) is 13.1 Å². The molecule has 7 nitrogen and oxygen atoms in total. The topological polar surface area (TPSA) is 72.7 Å². The second-order valence-corrected chi connectivity index (χ2v) is 5.08. The van der Waals surface area contributed by atoms with Crippen LogP contribution in [-0.2, 0) is 17.8 Å². The van der Waals surface area contributed by atoms with E-state index in [0.717, 1.165) is 24.6 Å². The molecule has 0 aliphatic heterocycles. The highest BCUT2D eigenvalue weighted by Gasteiger charge is 2.06. The van der Waals surface area contributed by atoms with Crippen molar-refractivity contribution in [1.29, 1.82) is 0 Å². The summed E-state index contributed by atoms with van der Waals surface area (Å²) in [7, 11) is 3.40. The lowest BCUT2D eigenvalue weighted by Crippen LogP contribution is -2.38. The Morgan fingerprint density at radius 1 is 1.20 bits per heavy atom. The lowest BCUT2D eigenvalue weighted by molar-refractivity contribution is 0.143. The van der Waals surface area contributed by atoms with Crippen LogP contribution in [0.4, 0.5) is 0 Å². The molecule has 2 aromatic rings. The molecule has 8 heteroatoms. The molecule has 2 rings (SSSR count). The molecule has 25 heavy (non-hydrogen) atoms. The van der Waals surface area contributed by atoms with Crippen LogP contribution in [0.1, 0.15) is 5.56 Å². The van der Waals surface area contributed by atoms with Crippen molar-refractivity contribution in [1.82, 2.24) is 20.2 Å². The van der Waals surface area contributed by atoms with Crippen LogP contribution in [0.25, 0.3) is 0 Å². The fourth-order valence-corrected chi connectivity index (χ4v) is 2.13. The minimum Gasteiger partial charge on any atom is -0.475 e. The van der Waals surface area contributed by atoms with E-state index in [-0.39, 0.29) is 24.0 Å². The number of guanidine groups is 1. The fraction of sp³-hybridized carbons (Fsp3) is 0.412. The fourth-order valence-electron chi connectivity index (χ4n) is 2.13. The summed E-state index contributed by atoms with van der Waals surface area (Å²) in [4.78, 5) is 8.50. The van der Waals surface area contributed by atoms with Crippen molar-refractivity contribution in [3.63, 3.8) is 0 Å². The second-order valence-electron chi connectivity index (χ2n) is 5.08. The Hall–Kier alpha value is -1.81. The molecule has 2 aromatic heterocycles. The molecule has 0 bridgehead atoms. The summed E-state index contributed by atoms with van der Waals surface area (Å²) >= 11 is 0. The van der Waals surface area contributed by atoms with Crippen molar-refractivity contribution in [3.05, 3.63) is 48.4 Å². The van der Waals surface area contributed by atoms with E-state index in [1.165, 1.54) is 0 Å². The van der Waals surface area contributed by atoms with Gasteiger partial charge in [-0.2, -0.15) is 0 Å². The van der Waals surface area contributed by atoms with Gasteiger partial charge in [0, 0.05) is 57.9 Å². The zero-order valence-electron chi connectivity index (χ0n) is 14.6. The number of halogens is 1. The average molecular weight is 459 g/mol. The Balaban J connectivity index is 0.00000312. The van der Waals surface area contributed by atoms with Crippen molar-refractivity contribution in [2.24, 2.45) is 4.99 Å². The molecule has 0 aliphatic rings. The number of nitrogens with zero attached hydrogens (tertiary/aromatic N) is 3. The molecule has 0 unspecified atom stereocenters. The quantitative estimate of drug-likeness (QED) is 0.260. The summed E-state index contributed by atoms with van der Waals surface area (Å²) < 4.78 is 12.7. The van der Waals surface area contributed by atoms with E-state index in [9.17, 15) is 0 Å². The number of nitrogens with one attached hydrogen (secondary N) is 2. The lowest BCUT2D eigenvalue weighted by atomic mass is 10.2. The van der Waals surface area contributed by atoms with Crippen LogP contribution in [0.15, 0.2) is 47.8 Å². The van der Waals surface area contributed by atoms with Gasteiger partial charge in [0.25, 0.3) is 0 Å². The molecule has 0 saturated heterocycles. The van der Waals surface area contributed by atoms with E-state index in [1.54, 1.807) is 20.4 Å². The molecule has 0 spiro atoms. The van der Waals surface area contributed by atoms with Crippen molar-refractivity contribution in [3.8, 4) is 5.88 Å². The summed E-state index contributed by atoms with van der Waals surface area (Å²) in [5.41, 5.74) is 0.974. The van der Waals surface area contributed by atoms with Gasteiger partial charge in [0.2, 0.25) is 5.88 Å². The van der Waals surface area contributed by atoms with Gasteiger partial charge in [0.05, 0.1) is 6.61 Å². The Bertz CT molecular complexity index is 619. The maximum absolute atomic E-state index is 5.63. The monoisotopic (exact) mass is 459 g/mol. The number of aromatic nitrogens is 2. The normalized spacial score (nSPS) is 10.9. The van der Waals surface area contributed by atoms with Crippen molar-refractivity contribution >= 4 is 29.9 Å². The minimum absolute atomic E-state index is 0. The van der Waals surface area contributed by atoms with Crippen molar-refractivity contribution in [2.75, 3.05) is 33.9 Å². The highest BCUT2D eigenvalue weighted by molar-refractivity contribution is 14.0. The summed E-state index contributed by atoms with van der Waals surface area (Å²) in [5.74, 6) is 1.36. The molecule has 0 atom stereocenters. The zero-order chi connectivity index (χ0) is 17.0. The Morgan fingerprint density at radius 2 is 2.00 bits per heavy atom. The van der Waals surface area contributed by atoms with Gasteiger partial charge in [-0.1, -0.05) is 6.07 Å². The van der Waals surface area contributed by atoms with Gasteiger partial charge in [-0.3, -0.25) is 4.99 Å². The standard InChI is InChI=1S/C17H25N5O2.HI/c1-18-17(20-8-11-22-9-3-4-10-22)21-14-15-6-5-7-19-16(15)24-13-12-23-2;/h3-7,9-10H,8,11-14H2,1-2H3,(H2,18,20,21);1H. The summed E-state index contributed by atoms with van der Waals surface area (Å²) in [6.07, 6.45) is 5.80. The molecule has 138 valence electrons. The summed E-state index contributed by atoms with van der Waals surface area (Å²) in [6.45, 7) is 3.26. The van der Waals surface area contributed by atoms with Gasteiger partial charge >= 0.3 is 0 Å². The van der Waals surface area contributed by atoms with Gasteiger partial charge in [0.15, 0.2) is 5.96 Å². The van der Waals surface area contributed by atoms with E-state index in [0.29, 0.717) is 25.6 Å². The molecule has 2 heterocycles. The van der Waals surface area contributed by atoms with Crippen molar-refractivity contribution < 1.29 is 9.47 Å². The summed E-state index contributed by atoms with van der Waals surface area (Å²) in [5, 5.41) is 6.56. The van der Waals surface area contributed by atoms with E-state index in [2.05, 4.69) is 25.2 Å². The number of hydrogen-bond acceptors (Lipinski definition) is 4. The third-order valence-corrected chi connectivity index (χ3v) is 3.37. The Labute approximate surface area is 165 Å². The predicted molar refractivity (Wildman–Crippen MR) is 110 cm³/mol. The van der Waals surface area contributed by atoms with E-state index in [4.69, 9.17) is 9.47 Å². The molecule has 0 radical (unpaired) electrons. The molecule has 0 aromatic carbocycles. The van der Waals surface area contributed by atoms with E-state index < -0.39 is 0 Å². The number of hydrogen-bond donors (Lipinski definition) is 2. The van der Waals surface area contributed by atoms with Crippen LogP contribution >= 0.6 is 24.0 Å². The first kappa shape index (κ1) is 21.2. The van der Waals surface area contributed by atoms with Gasteiger partial charge in [-0.15, -0.1) is 24.0 Å². The van der Waals surface area contributed by atoms with Gasteiger partial charge in [-0.05, 0) is 18.2 Å². The molecular weight excluding hydrogens is 433 g/mol. The van der Waals surface area contributed by atoms with Crippen LogP contribution in [0, 0.1) is 0 Å². The molecule has 2 N–H and O–H groups in total. The van der Waals surface area contributed by atoms with Gasteiger partial charge < -0.3 is 24.7 Å². The largest absolute Gasteiger partial charge is 0.475 e. The average Bonchev–Trinajstić information content (AvgIpc) is 3.12. The Kier molecular flexibility index (Phi) is 10.6. The minimum atomic E-state index is 0. The SMILES string of the molecule is CN=C(NCCn1cccc1)NCc1cccnc1OCCOC.I. The maximum Gasteiger partial charge on any atom is 0.218 e. The number of rotatable bonds is 9. The molecule has 0 aliphatic carbocycles. The number of methoxy groups -OCH3 is 1. The third kappa shape index (κ3) is 7.74. The van der Waals surface area contributed by atoms with Crippen LogP contribution < -0.4 is 15.4 Å². The predicted octanol–water partition coefficient (Wildman–Crippen LogP) is 1.89. The van der Waals surface area contributed by atoms with Crippen LogP contribution in [0.3, 0.4) is 0 Å². The van der Waals surface area contributed by atoms with Crippen LogP contribution in [-0.4, -0.2) is 49.4 Å². The highest BCUT2D eigenvalue weighted by atomic mass is 127. The second kappa shape index (κ2) is 12.5. The van der Waals surface area contributed by atoms with Gasteiger partial charge in [0.1, 0.15) is 6.61 Å². The van der Waals surface area contributed by atoms with Crippen LogP contribution in [0.5, 0.6) is 5.88 Å².